The summed E-state index contributed by atoms with van der Waals surface area (Å²) >= 11 is 1.33. The molecule has 6 heteroatoms. The lowest BCUT2D eigenvalue weighted by atomic mass is 9.89. The van der Waals surface area contributed by atoms with Crippen molar-refractivity contribution in [2.75, 3.05) is 6.54 Å². The van der Waals surface area contributed by atoms with Gasteiger partial charge in [0.15, 0.2) is 0 Å². The fourth-order valence-electron chi connectivity index (χ4n) is 3.51. The van der Waals surface area contributed by atoms with Crippen LogP contribution in [0, 0.1) is 5.92 Å². The molecule has 1 heterocycles. The molecule has 27 heavy (non-hydrogen) atoms. The Morgan fingerprint density at radius 3 is 2.67 bits per heavy atom. The second-order valence-electron chi connectivity index (χ2n) is 7.49. The minimum atomic E-state index is -0.242. The molecule has 1 amide bonds. The molecule has 2 unspecified atom stereocenters. The van der Waals surface area contributed by atoms with Gasteiger partial charge in [0.05, 0.1) is 5.25 Å². The predicted molar refractivity (Wildman–Crippen MR) is 108 cm³/mol. The summed E-state index contributed by atoms with van der Waals surface area (Å²) in [6.45, 7) is 4.82. The Morgan fingerprint density at radius 2 is 1.93 bits per heavy atom. The maximum Gasteiger partial charge on any atom is 0.277 e. The monoisotopic (exact) mass is 387 g/mol. The highest BCUT2D eigenvalue weighted by Gasteiger charge is 2.21. The summed E-state index contributed by atoms with van der Waals surface area (Å²) < 4.78 is 5.75. The van der Waals surface area contributed by atoms with Gasteiger partial charge in [-0.25, -0.2) is 0 Å². The summed E-state index contributed by atoms with van der Waals surface area (Å²) in [5, 5.41) is 11.6. The van der Waals surface area contributed by atoms with Gasteiger partial charge in [-0.15, -0.1) is 10.2 Å². The molecule has 0 aliphatic heterocycles. The van der Waals surface area contributed by atoms with Crippen LogP contribution in [0.15, 0.2) is 40.0 Å². The van der Waals surface area contributed by atoms with E-state index in [0.717, 1.165) is 6.54 Å². The lowest BCUT2D eigenvalue weighted by Crippen LogP contribution is -2.35. The van der Waals surface area contributed by atoms with Crippen molar-refractivity contribution in [1.29, 1.82) is 0 Å². The number of nitrogens with one attached hydrogen (secondary N) is 1. The zero-order valence-corrected chi connectivity index (χ0v) is 17.0. The van der Waals surface area contributed by atoms with Gasteiger partial charge in [-0.1, -0.05) is 68.3 Å². The van der Waals surface area contributed by atoms with Gasteiger partial charge in [0.1, 0.15) is 0 Å². The summed E-state index contributed by atoms with van der Waals surface area (Å²) in [4.78, 5) is 12.3. The van der Waals surface area contributed by atoms with Crippen molar-refractivity contribution in [3.8, 4) is 0 Å². The molecule has 1 aromatic carbocycles. The number of carbonyl (C=O) groups excluding carboxylic acids is 1. The first-order valence-corrected chi connectivity index (χ1v) is 10.8. The smallest absolute Gasteiger partial charge is 0.277 e. The molecule has 0 spiro atoms. The van der Waals surface area contributed by atoms with Crippen LogP contribution in [-0.4, -0.2) is 27.9 Å². The summed E-state index contributed by atoms with van der Waals surface area (Å²) in [5.74, 6) is 1.60. The molecule has 2 atom stereocenters. The van der Waals surface area contributed by atoms with E-state index in [1.165, 1.54) is 49.4 Å². The molecule has 1 fully saturated rings. The minimum Gasteiger partial charge on any atom is -0.416 e. The fourth-order valence-corrected chi connectivity index (χ4v) is 4.24. The van der Waals surface area contributed by atoms with Gasteiger partial charge in [0, 0.05) is 13.0 Å². The Kier molecular flexibility index (Phi) is 7.33. The van der Waals surface area contributed by atoms with E-state index in [2.05, 4.69) is 34.6 Å². The van der Waals surface area contributed by atoms with E-state index in [9.17, 15) is 4.79 Å². The van der Waals surface area contributed by atoms with E-state index in [4.69, 9.17) is 4.42 Å². The van der Waals surface area contributed by atoms with Gasteiger partial charge in [0.25, 0.3) is 5.22 Å². The average Bonchev–Trinajstić information content (AvgIpc) is 3.14. The molecule has 3 rings (SSSR count). The van der Waals surface area contributed by atoms with Crippen LogP contribution in [0.2, 0.25) is 0 Å². The van der Waals surface area contributed by atoms with E-state index in [1.54, 1.807) is 0 Å². The van der Waals surface area contributed by atoms with Crippen molar-refractivity contribution in [2.45, 2.75) is 68.8 Å². The van der Waals surface area contributed by atoms with E-state index in [-0.39, 0.29) is 11.2 Å². The topological polar surface area (TPSA) is 68.0 Å². The van der Waals surface area contributed by atoms with Crippen molar-refractivity contribution >= 4 is 17.7 Å². The number of amides is 1. The van der Waals surface area contributed by atoms with Gasteiger partial charge < -0.3 is 9.73 Å². The number of thioether (sulfide) groups is 1. The quantitative estimate of drug-likeness (QED) is 0.671. The lowest BCUT2D eigenvalue weighted by Gasteiger charge is -2.22. The maximum atomic E-state index is 12.3. The molecule has 1 saturated carbocycles. The van der Waals surface area contributed by atoms with Crippen molar-refractivity contribution in [3.63, 3.8) is 0 Å². The third-order valence-electron chi connectivity index (χ3n) is 5.23. The largest absolute Gasteiger partial charge is 0.416 e. The Labute approximate surface area is 165 Å². The Morgan fingerprint density at radius 1 is 1.19 bits per heavy atom. The highest BCUT2D eigenvalue weighted by atomic mass is 32.2. The summed E-state index contributed by atoms with van der Waals surface area (Å²) in [6.07, 6.45) is 7.07. The number of rotatable bonds is 8. The molecule has 146 valence electrons. The molecule has 1 N–H and O–H groups in total. The second kappa shape index (κ2) is 9.93. The Balaban J connectivity index is 1.45. The third kappa shape index (κ3) is 6.09. The van der Waals surface area contributed by atoms with Crippen molar-refractivity contribution in [1.82, 2.24) is 15.5 Å². The fraction of sp³-hybridized carbons (Fsp3) is 0.571. The molecule has 0 saturated heterocycles. The number of carbonyl (C=O) groups is 1. The van der Waals surface area contributed by atoms with E-state index >= 15 is 0 Å². The molecule has 1 aliphatic carbocycles. The molecule has 1 aliphatic rings. The molecule has 0 bridgehead atoms. The molecule has 0 radical (unpaired) electrons. The van der Waals surface area contributed by atoms with Crippen LogP contribution in [0.3, 0.4) is 0 Å². The molecular formula is C21H29N3O2S. The summed E-state index contributed by atoms with van der Waals surface area (Å²) in [5.41, 5.74) is 1.25. The third-order valence-corrected chi connectivity index (χ3v) is 6.17. The zero-order chi connectivity index (χ0) is 19.1. The number of aromatic nitrogens is 2. The van der Waals surface area contributed by atoms with Crippen LogP contribution in [0.1, 0.15) is 63.3 Å². The van der Waals surface area contributed by atoms with Gasteiger partial charge in [-0.05, 0) is 37.2 Å². The highest BCUT2D eigenvalue weighted by molar-refractivity contribution is 8.00. The first-order valence-electron chi connectivity index (χ1n) is 9.93. The predicted octanol–water partition coefficient (Wildman–Crippen LogP) is 4.59. The van der Waals surface area contributed by atoms with Gasteiger partial charge >= 0.3 is 0 Å². The standard InChI is InChI=1S/C21H29N3O2S/c1-15(18-11-7-4-8-12-18)13-19-23-24-21(26-19)27-16(2)20(25)22-14-17-9-5-3-6-10-17/h4,7-8,11-12,15-17H,3,5-6,9-10,13-14H2,1-2H3,(H,22,25). The van der Waals surface area contributed by atoms with E-state index in [1.807, 2.05) is 25.1 Å². The molecule has 2 aromatic rings. The maximum absolute atomic E-state index is 12.3. The lowest BCUT2D eigenvalue weighted by molar-refractivity contribution is -0.120. The first kappa shape index (κ1) is 19.9. The van der Waals surface area contributed by atoms with Gasteiger partial charge in [-0.3, -0.25) is 4.79 Å². The zero-order valence-electron chi connectivity index (χ0n) is 16.2. The number of nitrogens with zero attached hydrogens (tertiary/aromatic N) is 2. The van der Waals surface area contributed by atoms with Crippen LogP contribution in [0.4, 0.5) is 0 Å². The van der Waals surface area contributed by atoms with Crippen LogP contribution in [-0.2, 0) is 11.2 Å². The molecule has 5 nitrogen and oxygen atoms in total. The second-order valence-corrected chi connectivity index (χ2v) is 8.78. The van der Waals surface area contributed by atoms with Gasteiger partial charge in [0.2, 0.25) is 11.8 Å². The minimum absolute atomic E-state index is 0.0444. The van der Waals surface area contributed by atoms with Crippen molar-refractivity contribution in [2.24, 2.45) is 5.92 Å². The molecular weight excluding hydrogens is 358 g/mol. The highest BCUT2D eigenvalue weighted by Crippen LogP contribution is 2.26. The van der Waals surface area contributed by atoms with Crippen molar-refractivity contribution < 1.29 is 9.21 Å². The van der Waals surface area contributed by atoms with Gasteiger partial charge in [-0.2, -0.15) is 0 Å². The summed E-state index contributed by atoms with van der Waals surface area (Å²) in [7, 11) is 0. The number of hydrogen-bond acceptors (Lipinski definition) is 5. The van der Waals surface area contributed by atoms with E-state index in [0.29, 0.717) is 29.4 Å². The van der Waals surface area contributed by atoms with Crippen molar-refractivity contribution in [3.05, 3.63) is 41.8 Å². The first-order chi connectivity index (χ1) is 13.1. The van der Waals surface area contributed by atoms with Crippen LogP contribution in [0.25, 0.3) is 0 Å². The average molecular weight is 388 g/mol. The number of benzene rings is 1. The number of hydrogen-bond donors (Lipinski definition) is 1. The Bertz CT molecular complexity index is 713. The van der Waals surface area contributed by atoms with Crippen LogP contribution in [0.5, 0.6) is 0 Å². The summed E-state index contributed by atoms with van der Waals surface area (Å²) in [6, 6.07) is 10.3. The van der Waals surface area contributed by atoms with E-state index < -0.39 is 0 Å². The van der Waals surface area contributed by atoms with Crippen LogP contribution >= 0.6 is 11.8 Å². The normalized spacial score (nSPS) is 17.4. The van der Waals surface area contributed by atoms with Crippen LogP contribution < -0.4 is 5.32 Å². The Hall–Kier alpha value is -1.82. The molecule has 1 aromatic heterocycles. The SMILES string of the molecule is CC(Sc1nnc(CC(C)c2ccccc2)o1)C(=O)NCC1CCCCC1.